The van der Waals surface area contributed by atoms with Crippen LogP contribution in [0.2, 0.25) is 0 Å². The van der Waals surface area contributed by atoms with Crippen LogP contribution in [0.25, 0.3) is 0 Å². The van der Waals surface area contributed by atoms with Gasteiger partial charge in [-0.15, -0.1) is 0 Å². The summed E-state index contributed by atoms with van der Waals surface area (Å²) in [5, 5.41) is 7.14. The maximum absolute atomic E-state index is 12.1. The first kappa shape index (κ1) is 18.5. The van der Waals surface area contributed by atoms with Crippen molar-refractivity contribution in [3.8, 4) is 0 Å². The van der Waals surface area contributed by atoms with Crippen molar-refractivity contribution in [2.24, 2.45) is 0 Å². The maximum Gasteiger partial charge on any atom is 0.243 e. The fraction of sp³-hybridized carbons (Fsp3) is 0.769. The molecule has 8 heteroatoms. The highest BCUT2D eigenvalue weighted by Gasteiger charge is 2.15. The van der Waals surface area contributed by atoms with Crippen molar-refractivity contribution < 1.29 is 8.42 Å². The van der Waals surface area contributed by atoms with Crippen molar-refractivity contribution in [1.29, 1.82) is 0 Å². The van der Waals surface area contributed by atoms with Crippen molar-refractivity contribution in [2.75, 3.05) is 32.1 Å². The Balaban J connectivity index is 2.36. The van der Waals surface area contributed by atoms with E-state index in [9.17, 15) is 8.42 Å². The van der Waals surface area contributed by atoms with E-state index in [2.05, 4.69) is 21.4 Å². The minimum atomic E-state index is -3.42. The second-order valence-electron chi connectivity index (χ2n) is 4.85. The fourth-order valence-electron chi connectivity index (χ4n) is 1.86. The topological polar surface area (TPSA) is 76.0 Å². The Morgan fingerprint density at radius 1 is 1.24 bits per heavy atom. The Bertz CT molecular complexity index is 488. The van der Waals surface area contributed by atoms with Gasteiger partial charge in [-0.1, -0.05) is 6.42 Å². The molecule has 1 aromatic heterocycles. The van der Waals surface area contributed by atoms with Crippen molar-refractivity contribution in [3.63, 3.8) is 0 Å². The third kappa shape index (κ3) is 7.30. The van der Waals surface area contributed by atoms with E-state index in [4.69, 9.17) is 0 Å². The second kappa shape index (κ2) is 10.2. The Morgan fingerprint density at radius 3 is 2.76 bits per heavy atom. The van der Waals surface area contributed by atoms with Crippen LogP contribution in [-0.4, -0.2) is 50.3 Å². The van der Waals surface area contributed by atoms with E-state index in [1.807, 2.05) is 18.8 Å². The number of nitrogens with one attached hydrogen (secondary N) is 2. The zero-order chi connectivity index (χ0) is 15.6. The summed E-state index contributed by atoms with van der Waals surface area (Å²) in [7, 11) is -1.53. The number of unbranched alkanes of at least 4 members (excludes halogenated alkanes) is 2. The van der Waals surface area contributed by atoms with Gasteiger partial charge in [0.15, 0.2) is 0 Å². The minimum absolute atomic E-state index is 0.246. The molecule has 122 valence electrons. The molecule has 1 aromatic rings. The summed E-state index contributed by atoms with van der Waals surface area (Å²) in [6, 6.07) is 0. The Hall–Kier alpha value is -0.570. The van der Waals surface area contributed by atoms with Crippen LogP contribution in [0, 0.1) is 0 Å². The smallest absolute Gasteiger partial charge is 0.243 e. The SMILES string of the molecule is CNCCCn1cc(S(=O)(=O)NCCCCCSC)cn1. The molecule has 1 rings (SSSR count). The van der Waals surface area contributed by atoms with Gasteiger partial charge >= 0.3 is 0 Å². The highest BCUT2D eigenvalue weighted by atomic mass is 32.2. The van der Waals surface area contributed by atoms with Crippen molar-refractivity contribution in [3.05, 3.63) is 12.4 Å². The lowest BCUT2D eigenvalue weighted by molar-refractivity contribution is 0.559. The Kier molecular flexibility index (Phi) is 8.98. The van der Waals surface area contributed by atoms with E-state index in [0.29, 0.717) is 13.1 Å². The fourth-order valence-corrected chi connectivity index (χ4v) is 3.38. The standard InChI is InChI=1S/C13H26N4O2S2/c1-14-7-6-9-17-12-13(11-15-17)21(18,19)16-8-4-3-5-10-20-2/h11-12,14,16H,3-10H2,1-2H3. The van der Waals surface area contributed by atoms with E-state index in [1.165, 1.54) is 6.20 Å². The number of hydrogen-bond donors (Lipinski definition) is 2. The molecule has 0 spiro atoms. The molecular formula is C13H26N4O2S2. The van der Waals surface area contributed by atoms with Gasteiger partial charge in [0.05, 0.1) is 6.20 Å². The number of aromatic nitrogens is 2. The summed E-state index contributed by atoms with van der Waals surface area (Å²) < 4.78 is 28.5. The molecular weight excluding hydrogens is 308 g/mol. The number of aryl methyl sites for hydroxylation is 1. The Labute approximate surface area is 132 Å². The molecule has 0 bridgehead atoms. The molecule has 1 heterocycles. The molecule has 0 fully saturated rings. The highest BCUT2D eigenvalue weighted by Crippen LogP contribution is 2.08. The third-order valence-electron chi connectivity index (χ3n) is 3.05. The molecule has 0 unspecified atom stereocenters. The molecule has 0 aliphatic rings. The van der Waals surface area contributed by atoms with Crippen molar-refractivity contribution in [2.45, 2.75) is 37.1 Å². The average Bonchev–Trinajstić information content (AvgIpc) is 2.93. The van der Waals surface area contributed by atoms with Gasteiger partial charge in [0.2, 0.25) is 10.0 Å². The second-order valence-corrected chi connectivity index (χ2v) is 7.60. The van der Waals surface area contributed by atoms with Gasteiger partial charge in [-0.05, 0) is 44.9 Å². The van der Waals surface area contributed by atoms with Gasteiger partial charge in [0.1, 0.15) is 4.90 Å². The summed E-state index contributed by atoms with van der Waals surface area (Å²) >= 11 is 1.82. The first-order valence-electron chi connectivity index (χ1n) is 7.26. The Morgan fingerprint density at radius 2 is 2.05 bits per heavy atom. The number of thioether (sulfide) groups is 1. The third-order valence-corrected chi connectivity index (χ3v) is 5.16. The molecule has 0 atom stereocenters. The predicted octanol–water partition coefficient (Wildman–Crippen LogP) is 1.30. The van der Waals surface area contributed by atoms with Gasteiger partial charge in [-0.2, -0.15) is 16.9 Å². The van der Waals surface area contributed by atoms with Crippen LogP contribution in [-0.2, 0) is 16.6 Å². The summed E-state index contributed by atoms with van der Waals surface area (Å²) in [6.45, 7) is 2.09. The van der Waals surface area contributed by atoms with E-state index in [1.54, 1.807) is 10.9 Å². The van der Waals surface area contributed by atoms with Gasteiger partial charge in [0, 0.05) is 19.3 Å². The molecule has 2 N–H and O–H groups in total. The van der Waals surface area contributed by atoms with E-state index < -0.39 is 10.0 Å². The summed E-state index contributed by atoms with van der Waals surface area (Å²) in [6.07, 6.45) is 9.05. The largest absolute Gasteiger partial charge is 0.320 e. The molecule has 0 saturated heterocycles. The maximum atomic E-state index is 12.1. The summed E-state index contributed by atoms with van der Waals surface area (Å²) in [5.74, 6) is 1.13. The number of hydrogen-bond acceptors (Lipinski definition) is 5. The van der Waals surface area contributed by atoms with Gasteiger partial charge in [-0.3, -0.25) is 4.68 Å². The molecule has 0 aliphatic carbocycles. The highest BCUT2D eigenvalue weighted by molar-refractivity contribution is 7.98. The van der Waals surface area contributed by atoms with E-state index >= 15 is 0 Å². The van der Waals surface area contributed by atoms with Crippen LogP contribution in [0.3, 0.4) is 0 Å². The van der Waals surface area contributed by atoms with Crippen LogP contribution in [0.4, 0.5) is 0 Å². The van der Waals surface area contributed by atoms with Crippen molar-refractivity contribution >= 4 is 21.8 Å². The molecule has 0 saturated carbocycles. The average molecular weight is 335 g/mol. The molecule has 6 nitrogen and oxygen atoms in total. The monoisotopic (exact) mass is 334 g/mol. The molecule has 0 amide bonds. The van der Waals surface area contributed by atoms with E-state index in [0.717, 1.165) is 38.0 Å². The summed E-state index contributed by atoms with van der Waals surface area (Å²) in [4.78, 5) is 0.246. The minimum Gasteiger partial charge on any atom is -0.320 e. The van der Waals surface area contributed by atoms with Gasteiger partial charge < -0.3 is 5.32 Å². The number of sulfonamides is 1. The quantitative estimate of drug-likeness (QED) is 0.564. The predicted molar refractivity (Wildman–Crippen MR) is 88.2 cm³/mol. The zero-order valence-electron chi connectivity index (χ0n) is 12.8. The van der Waals surface area contributed by atoms with Gasteiger partial charge in [0.25, 0.3) is 0 Å². The first-order valence-corrected chi connectivity index (χ1v) is 10.1. The first-order chi connectivity index (χ1) is 10.1. The number of rotatable bonds is 12. The molecule has 0 aliphatic heterocycles. The van der Waals surface area contributed by atoms with E-state index in [-0.39, 0.29) is 4.90 Å². The van der Waals surface area contributed by atoms with Crippen LogP contribution in [0.1, 0.15) is 25.7 Å². The van der Waals surface area contributed by atoms with Crippen LogP contribution in [0.15, 0.2) is 17.3 Å². The van der Waals surface area contributed by atoms with Crippen LogP contribution < -0.4 is 10.0 Å². The molecule has 0 radical (unpaired) electrons. The molecule has 0 aromatic carbocycles. The van der Waals surface area contributed by atoms with Gasteiger partial charge in [-0.25, -0.2) is 13.1 Å². The summed E-state index contributed by atoms with van der Waals surface area (Å²) in [5.41, 5.74) is 0. The van der Waals surface area contributed by atoms with Crippen LogP contribution >= 0.6 is 11.8 Å². The van der Waals surface area contributed by atoms with Crippen LogP contribution in [0.5, 0.6) is 0 Å². The zero-order valence-corrected chi connectivity index (χ0v) is 14.5. The normalized spacial score (nSPS) is 11.9. The van der Waals surface area contributed by atoms with Crippen molar-refractivity contribution in [1.82, 2.24) is 19.8 Å². The number of nitrogens with zero attached hydrogens (tertiary/aromatic N) is 2. The lowest BCUT2D eigenvalue weighted by Crippen LogP contribution is -2.24. The lowest BCUT2D eigenvalue weighted by Gasteiger charge is -2.04. The molecule has 21 heavy (non-hydrogen) atoms. The lowest BCUT2D eigenvalue weighted by atomic mass is 10.2.